The zero-order valence-corrected chi connectivity index (χ0v) is 21.4. The molecule has 5 rings (SSSR count). The first-order chi connectivity index (χ1) is 16.8. The molecule has 0 bridgehead atoms. The molecule has 3 heterocycles. The number of nitrogens with zero attached hydrogens (tertiary/aromatic N) is 5. The second-order valence-corrected chi connectivity index (χ2v) is 11.7. The van der Waals surface area contributed by atoms with Crippen molar-refractivity contribution in [3.8, 4) is 0 Å². The molecule has 184 valence electrons. The summed E-state index contributed by atoms with van der Waals surface area (Å²) in [5.74, 6) is 1.86. The van der Waals surface area contributed by atoms with Crippen molar-refractivity contribution in [3.63, 3.8) is 0 Å². The fourth-order valence-corrected chi connectivity index (χ4v) is 6.74. The van der Waals surface area contributed by atoms with Crippen molar-refractivity contribution < 1.29 is 8.42 Å². The summed E-state index contributed by atoms with van der Waals surface area (Å²) in [5.41, 5.74) is 3.27. The number of sulfonamides is 1. The third-order valence-electron chi connectivity index (χ3n) is 7.39. The number of likely N-dealkylation sites (N-methyl/N-ethyl adjacent to an activating group) is 1. The molecule has 2 aliphatic rings. The molecule has 8 heteroatoms. The zero-order chi connectivity index (χ0) is 24.6. The van der Waals surface area contributed by atoms with E-state index in [1.54, 1.807) is 12.1 Å². The number of fused-ring (bicyclic) bond motifs is 1. The van der Waals surface area contributed by atoms with Crippen LogP contribution in [0.3, 0.4) is 0 Å². The Morgan fingerprint density at radius 1 is 1.03 bits per heavy atom. The van der Waals surface area contributed by atoms with Gasteiger partial charge in [-0.15, -0.1) is 0 Å². The summed E-state index contributed by atoms with van der Waals surface area (Å²) < 4.78 is 28.3. The van der Waals surface area contributed by atoms with Gasteiger partial charge in [0.05, 0.1) is 4.90 Å². The minimum atomic E-state index is -3.67. The lowest BCUT2D eigenvalue weighted by molar-refractivity contribution is 0.159. The van der Waals surface area contributed by atoms with Crippen LogP contribution in [-0.2, 0) is 23.0 Å². The van der Waals surface area contributed by atoms with Gasteiger partial charge < -0.3 is 4.90 Å². The van der Waals surface area contributed by atoms with Gasteiger partial charge in [0.2, 0.25) is 0 Å². The number of aromatic nitrogens is 2. The van der Waals surface area contributed by atoms with Gasteiger partial charge in [0, 0.05) is 38.3 Å². The van der Waals surface area contributed by atoms with Crippen molar-refractivity contribution >= 4 is 21.7 Å². The van der Waals surface area contributed by atoms with Crippen LogP contribution in [0.5, 0.6) is 0 Å². The monoisotopic (exact) mass is 491 g/mol. The third kappa shape index (κ3) is 4.65. The zero-order valence-electron chi connectivity index (χ0n) is 20.6. The number of aryl methyl sites for hydroxylation is 1. The Hall–Kier alpha value is -2.97. The van der Waals surface area contributed by atoms with E-state index in [1.165, 1.54) is 16.2 Å². The lowest BCUT2D eigenvalue weighted by atomic mass is 9.91. The van der Waals surface area contributed by atoms with Crippen LogP contribution in [0.15, 0.2) is 65.8 Å². The number of likely N-dealkylation sites (tertiary alicyclic amines) is 1. The molecule has 0 amide bonds. The maximum Gasteiger partial charge on any atom is 0.265 e. The number of piperidine rings is 1. The van der Waals surface area contributed by atoms with Gasteiger partial charge in [-0.05, 0) is 49.9 Å². The second kappa shape index (κ2) is 9.59. The number of anilines is 2. The fourth-order valence-electron chi connectivity index (χ4n) is 5.29. The molecule has 3 aromatic rings. The van der Waals surface area contributed by atoms with Crippen molar-refractivity contribution in [2.24, 2.45) is 5.92 Å². The molecule has 2 unspecified atom stereocenters. The van der Waals surface area contributed by atoms with Gasteiger partial charge in [-0.2, -0.15) is 0 Å². The van der Waals surface area contributed by atoms with E-state index in [9.17, 15) is 8.42 Å². The lowest BCUT2D eigenvalue weighted by Crippen LogP contribution is -2.51. The Morgan fingerprint density at radius 3 is 2.51 bits per heavy atom. The van der Waals surface area contributed by atoms with Gasteiger partial charge >= 0.3 is 0 Å². The fraction of sp³-hybridized carbons (Fsp3) is 0.407. The molecule has 0 aliphatic carbocycles. The van der Waals surface area contributed by atoms with E-state index in [1.807, 2.05) is 19.1 Å². The highest BCUT2D eigenvalue weighted by molar-refractivity contribution is 7.92. The standard InChI is InChI=1S/C27H33N5O2S/c1-20-9-11-23(12-10-20)35(33,34)32-16-14-24-26(28-19-29-27(24)32)30(3)25-18-31(15-13-21(25)2)17-22-7-5-4-6-8-22/h4-12,19,21,25H,13-18H2,1-3H3. The molecule has 0 radical (unpaired) electrons. The summed E-state index contributed by atoms with van der Waals surface area (Å²) in [6.07, 6.45) is 3.22. The average molecular weight is 492 g/mol. The Morgan fingerprint density at radius 2 is 1.77 bits per heavy atom. The molecule has 1 saturated heterocycles. The van der Waals surface area contributed by atoms with Crippen LogP contribution < -0.4 is 9.21 Å². The van der Waals surface area contributed by atoms with E-state index in [4.69, 9.17) is 0 Å². The highest BCUT2D eigenvalue weighted by Crippen LogP contribution is 2.37. The predicted molar refractivity (Wildman–Crippen MR) is 139 cm³/mol. The second-order valence-electron chi connectivity index (χ2n) is 9.80. The molecule has 1 fully saturated rings. The molecule has 2 aromatic carbocycles. The third-order valence-corrected chi connectivity index (χ3v) is 9.20. The quantitative estimate of drug-likeness (QED) is 0.521. The summed E-state index contributed by atoms with van der Waals surface area (Å²) in [5, 5.41) is 0. The number of hydrogen-bond donors (Lipinski definition) is 0. The van der Waals surface area contributed by atoms with Gasteiger partial charge in [-0.3, -0.25) is 4.90 Å². The molecular weight excluding hydrogens is 458 g/mol. The van der Waals surface area contributed by atoms with E-state index in [2.05, 4.69) is 64.1 Å². The topological polar surface area (TPSA) is 69.6 Å². The maximum absolute atomic E-state index is 13.4. The van der Waals surface area contributed by atoms with Crippen LogP contribution in [0.1, 0.15) is 30.0 Å². The van der Waals surface area contributed by atoms with E-state index < -0.39 is 10.0 Å². The minimum absolute atomic E-state index is 0.286. The van der Waals surface area contributed by atoms with Gasteiger partial charge in [-0.1, -0.05) is 55.0 Å². The average Bonchev–Trinajstić information content (AvgIpc) is 3.31. The summed E-state index contributed by atoms with van der Waals surface area (Å²) in [6.45, 7) is 7.58. The van der Waals surface area contributed by atoms with Gasteiger partial charge in [0.15, 0.2) is 5.82 Å². The van der Waals surface area contributed by atoms with Crippen LogP contribution >= 0.6 is 0 Å². The Labute approximate surface area is 208 Å². The number of rotatable bonds is 6. The first-order valence-corrected chi connectivity index (χ1v) is 13.7. The molecule has 7 nitrogen and oxygen atoms in total. The highest BCUT2D eigenvalue weighted by atomic mass is 32.2. The SMILES string of the molecule is Cc1ccc(S(=O)(=O)N2CCc3c(N(C)C4CN(Cc5ccccc5)CCC4C)ncnc32)cc1. The summed E-state index contributed by atoms with van der Waals surface area (Å²) in [6, 6.07) is 17.9. The molecule has 2 aliphatic heterocycles. The summed E-state index contributed by atoms with van der Waals surface area (Å²) >= 11 is 0. The van der Waals surface area contributed by atoms with Crippen molar-refractivity contribution in [3.05, 3.63) is 77.6 Å². The first kappa shape index (κ1) is 23.8. The molecule has 35 heavy (non-hydrogen) atoms. The lowest BCUT2D eigenvalue weighted by Gasteiger charge is -2.42. The summed E-state index contributed by atoms with van der Waals surface area (Å²) in [4.78, 5) is 14.1. The van der Waals surface area contributed by atoms with Crippen molar-refractivity contribution in [2.45, 2.75) is 44.2 Å². The van der Waals surface area contributed by atoms with E-state index in [-0.39, 0.29) is 6.04 Å². The van der Waals surface area contributed by atoms with Gasteiger partial charge in [0.1, 0.15) is 12.1 Å². The minimum Gasteiger partial charge on any atom is -0.355 e. The van der Waals surface area contributed by atoms with Crippen molar-refractivity contribution in [1.82, 2.24) is 14.9 Å². The molecule has 1 aromatic heterocycles. The Kier molecular flexibility index (Phi) is 6.51. The summed E-state index contributed by atoms with van der Waals surface area (Å²) in [7, 11) is -1.58. The van der Waals surface area contributed by atoms with E-state index >= 15 is 0 Å². The number of hydrogen-bond acceptors (Lipinski definition) is 6. The molecule has 0 N–H and O–H groups in total. The van der Waals surface area contributed by atoms with Crippen LogP contribution in [0.4, 0.5) is 11.6 Å². The normalized spacial score (nSPS) is 20.6. The molecule has 0 spiro atoms. The van der Waals surface area contributed by atoms with Crippen LogP contribution in [0, 0.1) is 12.8 Å². The predicted octanol–water partition coefficient (Wildman–Crippen LogP) is 3.88. The van der Waals surface area contributed by atoms with Gasteiger partial charge in [-0.25, -0.2) is 22.7 Å². The van der Waals surface area contributed by atoms with E-state index in [0.717, 1.165) is 43.0 Å². The van der Waals surface area contributed by atoms with Crippen LogP contribution in [-0.4, -0.2) is 56.0 Å². The smallest absolute Gasteiger partial charge is 0.265 e. The molecular formula is C27H33N5O2S. The van der Waals surface area contributed by atoms with Crippen LogP contribution in [0.2, 0.25) is 0 Å². The van der Waals surface area contributed by atoms with Crippen LogP contribution in [0.25, 0.3) is 0 Å². The molecule has 0 saturated carbocycles. The number of benzene rings is 2. The Balaban J connectivity index is 1.39. The highest BCUT2D eigenvalue weighted by Gasteiger charge is 2.37. The van der Waals surface area contributed by atoms with Crippen molar-refractivity contribution in [2.75, 3.05) is 35.9 Å². The van der Waals surface area contributed by atoms with Crippen molar-refractivity contribution in [1.29, 1.82) is 0 Å². The van der Waals surface area contributed by atoms with E-state index in [0.29, 0.717) is 29.6 Å². The largest absolute Gasteiger partial charge is 0.355 e. The van der Waals surface area contributed by atoms with Gasteiger partial charge in [0.25, 0.3) is 10.0 Å². The first-order valence-electron chi connectivity index (χ1n) is 12.3. The molecule has 2 atom stereocenters. The Bertz CT molecular complexity index is 1280. The maximum atomic E-state index is 13.4.